The van der Waals surface area contributed by atoms with Gasteiger partial charge in [0.2, 0.25) is 0 Å². The minimum Gasteiger partial charge on any atom is -0.468 e. The maximum atomic E-state index is 12.1. The number of thiazole rings is 1. The highest BCUT2D eigenvalue weighted by Crippen LogP contribution is 2.33. The van der Waals surface area contributed by atoms with Crippen LogP contribution in [0.1, 0.15) is 6.42 Å². The van der Waals surface area contributed by atoms with Gasteiger partial charge < -0.3 is 9.47 Å². The molecular weight excluding hydrogens is 358 g/mol. The molecule has 3 aromatic rings. The first-order chi connectivity index (χ1) is 12.2. The molecule has 0 aliphatic rings. The molecule has 2 aromatic carbocycles. The largest absolute Gasteiger partial charge is 0.468 e. The van der Waals surface area contributed by atoms with Crippen LogP contribution in [0.2, 0.25) is 0 Å². The molecule has 0 spiro atoms. The molecule has 1 aromatic heterocycles. The minimum absolute atomic E-state index is 0.0951. The van der Waals surface area contributed by atoms with Crippen molar-refractivity contribution in [1.82, 2.24) is 4.98 Å². The molecule has 1 atom stereocenters. The summed E-state index contributed by atoms with van der Waals surface area (Å²) in [7, 11) is 1.30. The number of rotatable bonds is 6. The van der Waals surface area contributed by atoms with Gasteiger partial charge in [-0.3, -0.25) is 9.59 Å². The van der Waals surface area contributed by atoms with Gasteiger partial charge in [0.15, 0.2) is 4.34 Å². The summed E-state index contributed by atoms with van der Waals surface area (Å²) in [5.41, 5.74) is 0.866. The summed E-state index contributed by atoms with van der Waals surface area (Å²) in [5.74, 6) is -0.523. The van der Waals surface area contributed by atoms with Crippen LogP contribution in [0.4, 0.5) is 0 Å². The molecule has 0 radical (unpaired) electrons. The third kappa shape index (κ3) is 4.58. The van der Waals surface area contributed by atoms with Crippen molar-refractivity contribution in [3.8, 4) is 5.75 Å². The standard InChI is InChI=1S/C18H15NO4S2/c1-22-17(21)15(11-16(20)23-12-7-3-2-4-8-12)25-18-19-13-9-5-6-10-14(13)24-18/h2-10,15H,11H2,1H3. The van der Waals surface area contributed by atoms with Crippen molar-refractivity contribution in [2.75, 3.05) is 7.11 Å². The van der Waals surface area contributed by atoms with Gasteiger partial charge in [-0.2, -0.15) is 0 Å². The zero-order valence-corrected chi connectivity index (χ0v) is 15.0. The highest BCUT2D eigenvalue weighted by Gasteiger charge is 2.26. The van der Waals surface area contributed by atoms with Gasteiger partial charge in [0.25, 0.3) is 0 Å². The summed E-state index contributed by atoms with van der Waals surface area (Å²) < 4.78 is 11.8. The molecule has 7 heteroatoms. The van der Waals surface area contributed by atoms with Crippen LogP contribution in [0.15, 0.2) is 58.9 Å². The molecule has 0 aliphatic heterocycles. The van der Waals surface area contributed by atoms with Crippen molar-refractivity contribution in [2.24, 2.45) is 0 Å². The molecule has 0 fully saturated rings. The van der Waals surface area contributed by atoms with Gasteiger partial charge in [0.05, 0.1) is 23.7 Å². The number of aromatic nitrogens is 1. The van der Waals surface area contributed by atoms with Crippen LogP contribution in [0.25, 0.3) is 10.2 Å². The molecule has 3 rings (SSSR count). The minimum atomic E-state index is -0.707. The Morgan fingerprint density at radius 3 is 2.56 bits per heavy atom. The molecule has 128 valence electrons. The first-order valence-corrected chi connectivity index (χ1v) is 9.21. The normalized spacial score (nSPS) is 11.9. The van der Waals surface area contributed by atoms with Gasteiger partial charge in [-0.15, -0.1) is 11.3 Å². The monoisotopic (exact) mass is 373 g/mol. The predicted molar refractivity (Wildman–Crippen MR) is 98.0 cm³/mol. The smallest absolute Gasteiger partial charge is 0.319 e. The van der Waals surface area contributed by atoms with Crippen LogP contribution < -0.4 is 4.74 Å². The number of ether oxygens (including phenoxy) is 2. The molecule has 25 heavy (non-hydrogen) atoms. The first-order valence-electron chi connectivity index (χ1n) is 7.51. The number of esters is 2. The van der Waals surface area contributed by atoms with E-state index in [1.807, 2.05) is 30.3 Å². The van der Waals surface area contributed by atoms with Crippen LogP contribution in [-0.2, 0) is 14.3 Å². The van der Waals surface area contributed by atoms with E-state index < -0.39 is 17.2 Å². The molecule has 5 nitrogen and oxygen atoms in total. The SMILES string of the molecule is COC(=O)C(CC(=O)Oc1ccccc1)Sc1nc2ccccc2s1. The fourth-order valence-corrected chi connectivity index (χ4v) is 4.45. The second-order valence-corrected chi connectivity index (χ2v) is 7.55. The number of nitrogens with zero attached hydrogens (tertiary/aromatic N) is 1. The third-order valence-corrected chi connectivity index (χ3v) is 5.61. The Morgan fingerprint density at radius 1 is 1.12 bits per heavy atom. The number of carbonyl (C=O) groups is 2. The highest BCUT2D eigenvalue weighted by atomic mass is 32.2. The van der Waals surface area contributed by atoms with Crippen LogP contribution in [0, 0.1) is 0 Å². The van der Waals surface area contributed by atoms with Crippen molar-refractivity contribution in [3.05, 3.63) is 54.6 Å². The first kappa shape index (κ1) is 17.4. The number of fused-ring (bicyclic) bond motifs is 1. The number of hydrogen-bond acceptors (Lipinski definition) is 7. The Hall–Kier alpha value is -2.38. The lowest BCUT2D eigenvalue weighted by atomic mass is 10.3. The van der Waals surface area contributed by atoms with Crippen LogP contribution in [-0.4, -0.2) is 29.3 Å². The molecule has 0 N–H and O–H groups in total. The van der Waals surface area contributed by atoms with E-state index in [-0.39, 0.29) is 6.42 Å². The van der Waals surface area contributed by atoms with Crippen molar-refractivity contribution in [1.29, 1.82) is 0 Å². The third-order valence-electron chi connectivity index (χ3n) is 3.31. The topological polar surface area (TPSA) is 65.5 Å². The van der Waals surface area contributed by atoms with E-state index in [2.05, 4.69) is 4.98 Å². The molecule has 0 aliphatic carbocycles. The number of benzene rings is 2. The zero-order chi connectivity index (χ0) is 17.6. The van der Waals surface area contributed by atoms with Gasteiger partial charge in [0.1, 0.15) is 11.0 Å². The highest BCUT2D eigenvalue weighted by molar-refractivity contribution is 8.02. The maximum Gasteiger partial charge on any atom is 0.319 e. The molecular formula is C18H15NO4S2. The Balaban J connectivity index is 1.71. The second kappa shape index (κ2) is 8.13. The van der Waals surface area contributed by atoms with Crippen molar-refractivity contribution in [3.63, 3.8) is 0 Å². The second-order valence-electron chi connectivity index (χ2n) is 5.07. The van der Waals surface area contributed by atoms with E-state index in [1.165, 1.54) is 30.2 Å². The fourth-order valence-electron chi connectivity index (χ4n) is 2.14. The van der Waals surface area contributed by atoms with E-state index in [4.69, 9.17) is 9.47 Å². The Bertz CT molecular complexity index is 846. The van der Waals surface area contributed by atoms with Gasteiger partial charge in [-0.1, -0.05) is 42.1 Å². The number of carbonyl (C=O) groups excluding carboxylic acids is 2. The molecule has 1 heterocycles. The molecule has 0 amide bonds. The van der Waals surface area contributed by atoms with Crippen molar-refractivity contribution < 1.29 is 19.1 Å². The average Bonchev–Trinajstić information content (AvgIpc) is 3.03. The van der Waals surface area contributed by atoms with Gasteiger partial charge in [-0.05, 0) is 24.3 Å². The van der Waals surface area contributed by atoms with E-state index in [0.29, 0.717) is 10.1 Å². The summed E-state index contributed by atoms with van der Waals surface area (Å²) in [4.78, 5) is 28.7. The average molecular weight is 373 g/mol. The predicted octanol–water partition coefficient (Wildman–Crippen LogP) is 3.93. The van der Waals surface area contributed by atoms with E-state index in [1.54, 1.807) is 24.3 Å². The molecule has 1 unspecified atom stereocenters. The lowest BCUT2D eigenvalue weighted by Crippen LogP contribution is -2.24. The Morgan fingerprint density at radius 2 is 1.84 bits per heavy atom. The van der Waals surface area contributed by atoms with E-state index in [9.17, 15) is 9.59 Å². The van der Waals surface area contributed by atoms with E-state index in [0.717, 1.165) is 10.2 Å². The van der Waals surface area contributed by atoms with Crippen molar-refractivity contribution >= 4 is 45.3 Å². The molecule has 0 saturated carbocycles. The van der Waals surface area contributed by atoms with Crippen LogP contribution >= 0.6 is 23.1 Å². The number of hydrogen-bond donors (Lipinski definition) is 0. The summed E-state index contributed by atoms with van der Waals surface area (Å²) in [6.07, 6.45) is -0.0951. The van der Waals surface area contributed by atoms with Crippen molar-refractivity contribution in [2.45, 2.75) is 16.0 Å². The van der Waals surface area contributed by atoms with Gasteiger partial charge in [0, 0.05) is 0 Å². The van der Waals surface area contributed by atoms with Gasteiger partial charge in [-0.25, -0.2) is 4.98 Å². The molecule has 0 bridgehead atoms. The quantitative estimate of drug-likeness (QED) is 0.371. The number of para-hydroxylation sites is 2. The lowest BCUT2D eigenvalue weighted by Gasteiger charge is -2.12. The maximum absolute atomic E-state index is 12.1. The lowest BCUT2D eigenvalue weighted by molar-refractivity contribution is -0.143. The van der Waals surface area contributed by atoms with Crippen LogP contribution in [0.5, 0.6) is 5.75 Å². The Labute approximate surface area is 153 Å². The number of thioether (sulfide) groups is 1. The summed E-state index contributed by atoms with van der Waals surface area (Å²) in [5, 5.41) is -0.707. The fraction of sp³-hybridized carbons (Fsp3) is 0.167. The Kier molecular flexibility index (Phi) is 5.67. The van der Waals surface area contributed by atoms with Gasteiger partial charge >= 0.3 is 11.9 Å². The summed E-state index contributed by atoms with van der Waals surface area (Å²) in [6, 6.07) is 16.5. The summed E-state index contributed by atoms with van der Waals surface area (Å²) in [6.45, 7) is 0. The summed E-state index contributed by atoms with van der Waals surface area (Å²) >= 11 is 2.69. The zero-order valence-electron chi connectivity index (χ0n) is 13.4. The van der Waals surface area contributed by atoms with E-state index >= 15 is 0 Å². The molecule has 0 saturated heterocycles. The van der Waals surface area contributed by atoms with Crippen LogP contribution in [0.3, 0.4) is 0 Å². The number of methoxy groups -OCH3 is 1.